The highest BCUT2D eigenvalue weighted by molar-refractivity contribution is 5.81. The van der Waals surface area contributed by atoms with Gasteiger partial charge in [-0.25, -0.2) is 4.68 Å². The average molecular weight is 473 g/mol. The van der Waals surface area contributed by atoms with Gasteiger partial charge in [0.25, 0.3) is 5.56 Å². The molecule has 1 aliphatic carbocycles. The number of para-hydroxylation sites is 1. The van der Waals surface area contributed by atoms with Crippen LogP contribution in [0.25, 0.3) is 10.9 Å². The van der Waals surface area contributed by atoms with Crippen LogP contribution in [0.4, 0.5) is 0 Å². The van der Waals surface area contributed by atoms with Crippen LogP contribution in [0.3, 0.4) is 0 Å². The van der Waals surface area contributed by atoms with Gasteiger partial charge in [0.05, 0.1) is 25.7 Å². The summed E-state index contributed by atoms with van der Waals surface area (Å²) in [5.74, 6) is 1.63. The van der Waals surface area contributed by atoms with E-state index in [1.807, 2.05) is 54.1 Å². The Balaban J connectivity index is 1.41. The number of nitrogens with one attached hydrogen (secondary N) is 1. The Morgan fingerprint density at radius 2 is 1.89 bits per heavy atom. The van der Waals surface area contributed by atoms with E-state index in [9.17, 15) is 4.79 Å². The van der Waals surface area contributed by atoms with Gasteiger partial charge < -0.3 is 9.72 Å². The molecule has 8 heteroatoms. The minimum absolute atomic E-state index is 0.0227. The quantitative estimate of drug-likeness (QED) is 0.413. The topological polar surface area (TPSA) is 88.9 Å². The van der Waals surface area contributed by atoms with Crippen LogP contribution < -0.4 is 10.3 Å². The Kier molecular flexibility index (Phi) is 6.90. The van der Waals surface area contributed by atoms with Crippen molar-refractivity contribution in [2.45, 2.75) is 64.7 Å². The Morgan fingerprint density at radius 3 is 2.66 bits per heavy atom. The van der Waals surface area contributed by atoms with E-state index in [0.29, 0.717) is 25.7 Å². The summed E-state index contributed by atoms with van der Waals surface area (Å²) in [6.07, 6.45) is 5.96. The summed E-state index contributed by atoms with van der Waals surface area (Å²) in [6, 6.07) is 16.5. The molecule has 2 heterocycles. The summed E-state index contributed by atoms with van der Waals surface area (Å²) in [5.41, 5.74) is 3.85. The number of methoxy groups -OCH3 is 1. The van der Waals surface area contributed by atoms with Gasteiger partial charge in [-0.2, -0.15) is 0 Å². The lowest BCUT2D eigenvalue weighted by Crippen LogP contribution is -2.38. The number of rotatable bonds is 8. The molecular formula is C27H32N6O2. The molecule has 35 heavy (non-hydrogen) atoms. The number of ether oxygens (including phenoxy) is 1. The summed E-state index contributed by atoms with van der Waals surface area (Å²) in [6.45, 7) is 3.77. The van der Waals surface area contributed by atoms with Crippen molar-refractivity contribution < 1.29 is 4.74 Å². The lowest BCUT2D eigenvalue weighted by Gasteiger charge is -2.33. The highest BCUT2D eigenvalue weighted by Crippen LogP contribution is 2.26. The predicted molar refractivity (Wildman–Crippen MR) is 135 cm³/mol. The average Bonchev–Trinajstić information content (AvgIpc) is 3.32. The molecule has 0 bridgehead atoms. The van der Waals surface area contributed by atoms with E-state index in [4.69, 9.17) is 4.74 Å². The zero-order chi connectivity index (χ0) is 24.2. The lowest BCUT2D eigenvalue weighted by molar-refractivity contribution is 0.134. The molecule has 0 saturated heterocycles. The zero-order valence-electron chi connectivity index (χ0n) is 20.4. The third-order valence-electron chi connectivity index (χ3n) is 7.07. The minimum Gasteiger partial charge on any atom is -0.497 e. The monoisotopic (exact) mass is 472 g/mol. The zero-order valence-corrected chi connectivity index (χ0v) is 20.4. The molecule has 1 fully saturated rings. The molecule has 8 nitrogen and oxygen atoms in total. The Bertz CT molecular complexity index is 1340. The van der Waals surface area contributed by atoms with Gasteiger partial charge in [0.15, 0.2) is 5.82 Å². The van der Waals surface area contributed by atoms with E-state index in [1.54, 1.807) is 7.11 Å². The van der Waals surface area contributed by atoms with Crippen LogP contribution in [0.2, 0.25) is 0 Å². The van der Waals surface area contributed by atoms with Crippen molar-refractivity contribution in [1.82, 2.24) is 30.1 Å². The summed E-state index contributed by atoms with van der Waals surface area (Å²) >= 11 is 0. The van der Waals surface area contributed by atoms with E-state index < -0.39 is 0 Å². The smallest absolute Gasteiger partial charge is 0.252 e. The molecule has 0 atom stereocenters. The van der Waals surface area contributed by atoms with Crippen molar-refractivity contribution in [3.63, 3.8) is 0 Å². The van der Waals surface area contributed by atoms with Crippen molar-refractivity contribution in [1.29, 1.82) is 0 Å². The number of aromatic nitrogens is 5. The predicted octanol–water partition coefficient (Wildman–Crippen LogP) is 4.21. The van der Waals surface area contributed by atoms with Gasteiger partial charge in [0.1, 0.15) is 5.75 Å². The van der Waals surface area contributed by atoms with Gasteiger partial charge in [0, 0.05) is 18.2 Å². The summed E-state index contributed by atoms with van der Waals surface area (Å²) in [5, 5.41) is 13.6. The van der Waals surface area contributed by atoms with Gasteiger partial charge in [-0.1, -0.05) is 49.6 Å². The number of tetrazole rings is 1. The van der Waals surface area contributed by atoms with Gasteiger partial charge in [-0.3, -0.25) is 9.69 Å². The highest BCUT2D eigenvalue weighted by atomic mass is 16.5. The second kappa shape index (κ2) is 10.4. The highest BCUT2D eigenvalue weighted by Gasteiger charge is 2.24. The number of fused-ring (bicyclic) bond motifs is 1. The van der Waals surface area contributed by atoms with E-state index in [1.165, 1.54) is 19.3 Å². The number of pyridine rings is 1. The van der Waals surface area contributed by atoms with E-state index >= 15 is 0 Å². The molecule has 5 rings (SSSR count). The minimum atomic E-state index is -0.0227. The van der Waals surface area contributed by atoms with Crippen molar-refractivity contribution in [3.05, 3.63) is 81.4 Å². The fraction of sp³-hybridized carbons (Fsp3) is 0.407. The van der Waals surface area contributed by atoms with Crippen LogP contribution in [0, 0.1) is 6.92 Å². The lowest BCUT2D eigenvalue weighted by atomic mass is 9.93. The fourth-order valence-corrected chi connectivity index (χ4v) is 5.07. The number of aromatic amines is 1. The first-order chi connectivity index (χ1) is 17.1. The first kappa shape index (κ1) is 23.2. The number of benzene rings is 2. The van der Waals surface area contributed by atoms with Crippen LogP contribution in [-0.4, -0.2) is 43.2 Å². The van der Waals surface area contributed by atoms with Gasteiger partial charge >= 0.3 is 0 Å². The van der Waals surface area contributed by atoms with Crippen LogP contribution in [0.15, 0.2) is 53.3 Å². The third kappa shape index (κ3) is 5.27. The SMILES string of the molecule is COc1ccc(Cn2nnnc2CN(Cc2cc3cccc(C)c3[nH]c2=O)C2CCCCC2)cc1. The molecule has 0 aliphatic heterocycles. The number of H-pyrrole nitrogens is 1. The molecule has 1 N–H and O–H groups in total. The normalized spacial score (nSPS) is 14.6. The first-order valence-electron chi connectivity index (χ1n) is 12.3. The van der Waals surface area contributed by atoms with Crippen molar-refractivity contribution in [2.75, 3.05) is 7.11 Å². The van der Waals surface area contributed by atoms with E-state index in [0.717, 1.165) is 52.0 Å². The maximum absolute atomic E-state index is 13.0. The molecule has 182 valence electrons. The van der Waals surface area contributed by atoms with Crippen molar-refractivity contribution >= 4 is 10.9 Å². The molecule has 2 aromatic carbocycles. The maximum atomic E-state index is 13.0. The first-order valence-corrected chi connectivity index (χ1v) is 12.3. The number of nitrogens with zero attached hydrogens (tertiary/aromatic N) is 5. The van der Waals surface area contributed by atoms with Crippen LogP contribution in [-0.2, 0) is 19.6 Å². The Labute approximate surface area is 204 Å². The Hall–Kier alpha value is -3.52. The standard InChI is InChI=1S/C27H32N6O2/c1-19-7-6-8-21-15-22(27(34)28-26(19)21)17-32(23-9-4-3-5-10-23)18-25-29-30-31-33(25)16-20-11-13-24(35-2)14-12-20/h6-8,11-15,23H,3-5,9-10,16-18H2,1-2H3,(H,28,34). The van der Waals surface area contributed by atoms with Crippen molar-refractivity contribution in [3.8, 4) is 5.75 Å². The molecule has 2 aromatic heterocycles. The molecule has 1 aliphatic rings. The van der Waals surface area contributed by atoms with Crippen LogP contribution in [0.5, 0.6) is 5.75 Å². The van der Waals surface area contributed by atoms with Gasteiger partial charge in [-0.15, -0.1) is 5.10 Å². The Morgan fingerprint density at radius 1 is 1.09 bits per heavy atom. The number of hydrogen-bond acceptors (Lipinski definition) is 6. The second-order valence-electron chi connectivity index (χ2n) is 9.46. The van der Waals surface area contributed by atoms with Crippen LogP contribution in [0.1, 0.15) is 54.6 Å². The van der Waals surface area contributed by atoms with E-state index in [-0.39, 0.29) is 5.56 Å². The summed E-state index contributed by atoms with van der Waals surface area (Å²) < 4.78 is 7.12. The number of aryl methyl sites for hydroxylation is 1. The maximum Gasteiger partial charge on any atom is 0.252 e. The summed E-state index contributed by atoms with van der Waals surface area (Å²) in [7, 11) is 1.66. The third-order valence-corrected chi connectivity index (χ3v) is 7.07. The van der Waals surface area contributed by atoms with E-state index in [2.05, 4.69) is 31.5 Å². The van der Waals surface area contributed by atoms with Gasteiger partial charge in [0.2, 0.25) is 0 Å². The molecular weight excluding hydrogens is 440 g/mol. The molecule has 0 spiro atoms. The number of hydrogen-bond donors (Lipinski definition) is 1. The molecule has 1 saturated carbocycles. The summed E-state index contributed by atoms with van der Waals surface area (Å²) in [4.78, 5) is 18.5. The fourth-order valence-electron chi connectivity index (χ4n) is 5.07. The molecule has 0 amide bonds. The molecule has 0 radical (unpaired) electrons. The molecule has 0 unspecified atom stereocenters. The van der Waals surface area contributed by atoms with Gasteiger partial charge in [-0.05, 0) is 64.9 Å². The van der Waals surface area contributed by atoms with Crippen molar-refractivity contribution in [2.24, 2.45) is 0 Å². The molecule has 4 aromatic rings. The van der Waals surface area contributed by atoms with Crippen LogP contribution >= 0.6 is 0 Å². The largest absolute Gasteiger partial charge is 0.497 e. The second-order valence-corrected chi connectivity index (χ2v) is 9.46.